The number of rotatable bonds is 7. The monoisotopic (exact) mass is 315 g/mol. The highest BCUT2D eigenvalue weighted by Gasteiger charge is 2.25. The van der Waals surface area contributed by atoms with Gasteiger partial charge in [-0.25, -0.2) is 4.98 Å². The Labute approximate surface area is 125 Å². The molecule has 0 saturated carbocycles. The maximum atomic E-state index is 11.5. The largest absolute Gasteiger partial charge is 0.469 e. The van der Waals surface area contributed by atoms with Gasteiger partial charge >= 0.3 is 5.97 Å². The van der Waals surface area contributed by atoms with Crippen LogP contribution in [0.25, 0.3) is 0 Å². The van der Waals surface area contributed by atoms with Crippen LogP contribution in [0.3, 0.4) is 0 Å². The van der Waals surface area contributed by atoms with Crippen molar-refractivity contribution in [1.82, 2.24) is 4.98 Å². The first kappa shape index (κ1) is 17.1. The van der Waals surface area contributed by atoms with Crippen molar-refractivity contribution in [3.05, 3.63) is 11.1 Å². The summed E-state index contributed by atoms with van der Waals surface area (Å²) in [6, 6.07) is 0. The normalized spacial score (nSPS) is 13.3. The van der Waals surface area contributed by atoms with Crippen molar-refractivity contribution in [2.75, 3.05) is 12.4 Å². The van der Waals surface area contributed by atoms with Crippen molar-refractivity contribution in [3.63, 3.8) is 0 Å². The summed E-state index contributed by atoms with van der Waals surface area (Å²) >= 11 is 1.15. The highest BCUT2D eigenvalue weighted by molar-refractivity contribution is 7.13. The Morgan fingerprint density at radius 3 is 2.67 bits per heavy atom. The van der Waals surface area contributed by atoms with Crippen molar-refractivity contribution >= 4 is 34.3 Å². The number of hydrogen-bond acceptors (Lipinski definition) is 7. The molecule has 1 heterocycles. The number of carbonyl (C=O) groups excluding carboxylic acids is 3. The lowest BCUT2D eigenvalue weighted by atomic mass is 10.2. The van der Waals surface area contributed by atoms with E-state index in [0.717, 1.165) is 11.3 Å². The number of esters is 1. The van der Waals surface area contributed by atoms with E-state index in [-0.39, 0.29) is 18.0 Å². The van der Waals surface area contributed by atoms with E-state index >= 15 is 0 Å². The third kappa shape index (κ3) is 5.48. The van der Waals surface area contributed by atoms with Gasteiger partial charge in [-0.2, -0.15) is 0 Å². The number of primary amides is 1. The fourth-order valence-corrected chi connectivity index (χ4v) is 2.27. The van der Waals surface area contributed by atoms with E-state index in [9.17, 15) is 14.4 Å². The first-order valence-electron chi connectivity index (χ1n) is 6.08. The molecule has 0 aliphatic heterocycles. The van der Waals surface area contributed by atoms with Gasteiger partial charge in [0.25, 0.3) is 5.91 Å². The fourth-order valence-electron chi connectivity index (χ4n) is 1.50. The minimum absolute atomic E-state index is 0.0109. The summed E-state index contributed by atoms with van der Waals surface area (Å²) < 4.78 is 9.97. The summed E-state index contributed by atoms with van der Waals surface area (Å²) in [5.41, 5.74) is 5.57. The van der Waals surface area contributed by atoms with Crippen LogP contribution in [0.4, 0.5) is 5.13 Å². The summed E-state index contributed by atoms with van der Waals surface area (Å²) in [5, 5.41) is 4.40. The average molecular weight is 315 g/mol. The fraction of sp³-hybridized carbons (Fsp3) is 0.500. The first-order chi connectivity index (χ1) is 9.83. The number of aromatic nitrogens is 1. The van der Waals surface area contributed by atoms with Crippen molar-refractivity contribution in [3.8, 4) is 0 Å². The van der Waals surface area contributed by atoms with Crippen molar-refractivity contribution in [2.45, 2.75) is 32.5 Å². The lowest BCUT2D eigenvalue weighted by Crippen LogP contribution is -2.28. The number of nitrogens with one attached hydrogen (secondary N) is 1. The number of carbonyl (C=O) groups is 3. The molecule has 0 saturated heterocycles. The van der Waals surface area contributed by atoms with Gasteiger partial charge in [0.15, 0.2) is 11.2 Å². The maximum Gasteiger partial charge on any atom is 0.308 e. The van der Waals surface area contributed by atoms with Crippen LogP contribution in [0.1, 0.15) is 32.1 Å². The van der Waals surface area contributed by atoms with Crippen LogP contribution < -0.4 is 11.1 Å². The third-order valence-corrected chi connectivity index (χ3v) is 3.16. The van der Waals surface area contributed by atoms with Crippen LogP contribution in [-0.4, -0.2) is 36.0 Å². The molecule has 0 aliphatic carbocycles. The van der Waals surface area contributed by atoms with Crippen LogP contribution in [0.15, 0.2) is 5.38 Å². The number of ether oxygens (including phenoxy) is 2. The van der Waals surface area contributed by atoms with Crippen LogP contribution in [0.2, 0.25) is 0 Å². The van der Waals surface area contributed by atoms with E-state index in [1.807, 2.05) is 0 Å². The Morgan fingerprint density at radius 2 is 2.14 bits per heavy atom. The van der Waals surface area contributed by atoms with E-state index in [1.54, 1.807) is 12.3 Å². The van der Waals surface area contributed by atoms with E-state index in [0.29, 0.717) is 5.13 Å². The van der Waals surface area contributed by atoms with Crippen molar-refractivity contribution in [1.29, 1.82) is 0 Å². The van der Waals surface area contributed by atoms with Crippen LogP contribution in [0.5, 0.6) is 0 Å². The standard InChI is InChI=1S/C12H17N3O5S/c1-6(4-9(17)19-3)20-10(11(13)18)8-5-21-12(15-8)14-7(2)16/h5-6,10H,4H2,1-3H3,(H2,13,18)(H,14,15,16). The van der Waals surface area contributed by atoms with Crippen molar-refractivity contribution < 1.29 is 23.9 Å². The van der Waals surface area contributed by atoms with Gasteiger partial charge in [0.1, 0.15) is 0 Å². The molecular weight excluding hydrogens is 298 g/mol. The second-order valence-corrected chi connectivity index (χ2v) is 5.13. The number of hydrogen-bond donors (Lipinski definition) is 2. The summed E-state index contributed by atoms with van der Waals surface area (Å²) in [5.74, 6) is -1.46. The lowest BCUT2D eigenvalue weighted by molar-refractivity contribution is -0.148. The van der Waals surface area contributed by atoms with E-state index in [4.69, 9.17) is 10.5 Å². The number of nitrogens with zero attached hydrogens (tertiary/aromatic N) is 1. The minimum atomic E-state index is -1.09. The molecule has 9 heteroatoms. The molecule has 8 nitrogen and oxygen atoms in total. The topological polar surface area (TPSA) is 121 Å². The highest BCUT2D eigenvalue weighted by atomic mass is 32.1. The predicted octanol–water partition coefficient (Wildman–Crippen LogP) is 0.596. The summed E-state index contributed by atoms with van der Waals surface area (Å²) in [4.78, 5) is 37.6. The molecule has 0 spiro atoms. The molecule has 1 rings (SSSR count). The molecule has 3 N–H and O–H groups in total. The molecule has 1 aromatic heterocycles. The Kier molecular flexibility index (Phi) is 6.25. The summed E-state index contributed by atoms with van der Waals surface area (Å²) in [6.45, 7) is 2.97. The minimum Gasteiger partial charge on any atom is -0.469 e. The van der Waals surface area contributed by atoms with Gasteiger partial charge in [0, 0.05) is 12.3 Å². The van der Waals surface area contributed by atoms with E-state index in [1.165, 1.54) is 14.0 Å². The van der Waals surface area contributed by atoms with Gasteiger partial charge in [-0.15, -0.1) is 11.3 Å². The Morgan fingerprint density at radius 1 is 1.48 bits per heavy atom. The molecule has 0 aromatic carbocycles. The summed E-state index contributed by atoms with van der Waals surface area (Å²) in [6.07, 6.45) is -1.67. The number of methoxy groups -OCH3 is 1. The molecule has 0 aliphatic rings. The molecular formula is C12H17N3O5S. The molecule has 116 valence electrons. The van der Waals surface area contributed by atoms with Crippen LogP contribution in [0, 0.1) is 0 Å². The van der Waals surface area contributed by atoms with E-state index < -0.39 is 24.1 Å². The van der Waals surface area contributed by atoms with E-state index in [2.05, 4.69) is 15.0 Å². The van der Waals surface area contributed by atoms with Crippen LogP contribution in [-0.2, 0) is 23.9 Å². The third-order valence-electron chi connectivity index (χ3n) is 2.38. The first-order valence-corrected chi connectivity index (χ1v) is 6.96. The second kappa shape index (κ2) is 7.70. The van der Waals surface area contributed by atoms with Gasteiger partial charge in [-0.05, 0) is 6.92 Å². The van der Waals surface area contributed by atoms with Gasteiger partial charge in [0.2, 0.25) is 5.91 Å². The number of thiazole rings is 1. The molecule has 1 aromatic rings. The molecule has 2 amide bonds. The SMILES string of the molecule is COC(=O)CC(C)OC(C(N)=O)c1csc(NC(C)=O)n1. The molecule has 21 heavy (non-hydrogen) atoms. The number of nitrogens with two attached hydrogens (primary N) is 1. The average Bonchev–Trinajstić information content (AvgIpc) is 2.82. The molecule has 2 unspecified atom stereocenters. The predicted molar refractivity (Wildman–Crippen MR) is 75.5 cm³/mol. The zero-order chi connectivity index (χ0) is 16.0. The molecule has 0 fully saturated rings. The molecule has 2 atom stereocenters. The van der Waals surface area contributed by atoms with Gasteiger partial charge in [-0.3, -0.25) is 14.4 Å². The summed E-state index contributed by atoms with van der Waals surface area (Å²) in [7, 11) is 1.26. The highest BCUT2D eigenvalue weighted by Crippen LogP contribution is 2.24. The Bertz CT molecular complexity index is 531. The van der Waals surface area contributed by atoms with Crippen LogP contribution >= 0.6 is 11.3 Å². The Hall–Kier alpha value is -2.00. The van der Waals surface area contributed by atoms with Gasteiger partial charge < -0.3 is 20.5 Å². The van der Waals surface area contributed by atoms with Gasteiger partial charge in [-0.1, -0.05) is 0 Å². The molecule has 0 radical (unpaired) electrons. The maximum absolute atomic E-state index is 11.5. The van der Waals surface area contributed by atoms with Crippen molar-refractivity contribution in [2.24, 2.45) is 5.73 Å². The molecule has 0 bridgehead atoms. The second-order valence-electron chi connectivity index (χ2n) is 4.27. The smallest absolute Gasteiger partial charge is 0.308 e. The quantitative estimate of drug-likeness (QED) is 0.711. The van der Waals surface area contributed by atoms with Gasteiger partial charge in [0.05, 0.1) is 25.3 Å². The number of amides is 2. The Balaban J connectivity index is 2.77. The zero-order valence-electron chi connectivity index (χ0n) is 11.9. The lowest BCUT2D eigenvalue weighted by Gasteiger charge is -2.17. The zero-order valence-corrected chi connectivity index (χ0v) is 12.7. The number of anilines is 1.